The Balaban J connectivity index is 2.88. The maximum Gasteiger partial charge on any atom is 0.105 e. The summed E-state index contributed by atoms with van der Waals surface area (Å²) in [5, 5.41) is 0. The van der Waals surface area contributed by atoms with Gasteiger partial charge in [0.25, 0.3) is 0 Å². The minimum Gasteiger partial charge on any atom is -0.367 e. The maximum absolute atomic E-state index is 5.47. The average Bonchev–Trinajstić information content (AvgIpc) is 1.89. The molecule has 0 aromatic rings. The fraction of sp³-hybridized carbons (Fsp3) is 0.857. The fourth-order valence-corrected chi connectivity index (χ4v) is 0.640. The van der Waals surface area contributed by atoms with E-state index in [-0.39, 0.29) is 6.23 Å². The lowest BCUT2D eigenvalue weighted by atomic mass is 10.2. The normalized spacial score (nSPS) is 13.7. The minimum atomic E-state index is -0.0726. The van der Waals surface area contributed by atoms with E-state index < -0.39 is 0 Å². The van der Waals surface area contributed by atoms with Crippen LogP contribution in [0.3, 0.4) is 0 Å². The summed E-state index contributed by atoms with van der Waals surface area (Å²) >= 11 is 0. The van der Waals surface area contributed by atoms with Gasteiger partial charge in [0.2, 0.25) is 0 Å². The molecule has 0 aromatic carbocycles. The molecular formula is C7H16NO. The van der Waals surface area contributed by atoms with Gasteiger partial charge in [-0.05, 0) is 12.8 Å². The lowest BCUT2D eigenvalue weighted by Crippen LogP contribution is -2.21. The summed E-state index contributed by atoms with van der Waals surface area (Å²) in [5.41, 5.74) is 5.47. The van der Waals surface area contributed by atoms with Crippen molar-refractivity contribution in [2.45, 2.75) is 31.9 Å². The smallest absolute Gasteiger partial charge is 0.105 e. The molecule has 0 rings (SSSR count). The van der Waals surface area contributed by atoms with Gasteiger partial charge in [-0.2, -0.15) is 0 Å². The highest BCUT2D eigenvalue weighted by molar-refractivity contribution is 4.49. The zero-order valence-corrected chi connectivity index (χ0v) is 6.10. The number of ether oxygens (including phenoxy) is 1. The number of hydrogen-bond donors (Lipinski definition) is 1. The minimum absolute atomic E-state index is 0.0726. The van der Waals surface area contributed by atoms with Crippen molar-refractivity contribution in [3.05, 3.63) is 6.92 Å². The first-order chi connectivity index (χ1) is 4.31. The van der Waals surface area contributed by atoms with Gasteiger partial charge in [0.05, 0.1) is 0 Å². The Hall–Kier alpha value is -0.0800. The third-order valence-electron chi connectivity index (χ3n) is 1.29. The van der Waals surface area contributed by atoms with E-state index in [1.54, 1.807) is 7.11 Å². The van der Waals surface area contributed by atoms with E-state index in [0.717, 1.165) is 25.7 Å². The molecule has 0 saturated carbocycles. The van der Waals surface area contributed by atoms with Crippen LogP contribution in [0.2, 0.25) is 0 Å². The highest BCUT2D eigenvalue weighted by atomic mass is 16.5. The van der Waals surface area contributed by atoms with Gasteiger partial charge in [-0.3, -0.25) is 0 Å². The van der Waals surface area contributed by atoms with Crippen LogP contribution in [0.1, 0.15) is 25.7 Å². The third kappa shape index (κ3) is 5.80. The Kier molecular flexibility index (Phi) is 5.99. The van der Waals surface area contributed by atoms with Gasteiger partial charge in [0.15, 0.2) is 0 Å². The molecule has 0 amide bonds. The molecular weight excluding hydrogens is 114 g/mol. The van der Waals surface area contributed by atoms with E-state index in [0.29, 0.717) is 0 Å². The van der Waals surface area contributed by atoms with Gasteiger partial charge in [0.1, 0.15) is 6.23 Å². The Morgan fingerprint density at radius 3 is 2.67 bits per heavy atom. The van der Waals surface area contributed by atoms with E-state index in [9.17, 15) is 0 Å². The molecule has 2 N–H and O–H groups in total. The number of hydrogen-bond acceptors (Lipinski definition) is 2. The van der Waals surface area contributed by atoms with E-state index in [1.807, 2.05) is 0 Å². The van der Waals surface area contributed by atoms with Crippen molar-refractivity contribution < 1.29 is 4.74 Å². The molecule has 0 saturated heterocycles. The number of methoxy groups -OCH3 is 1. The summed E-state index contributed by atoms with van der Waals surface area (Å²) in [6.07, 6.45) is 4.15. The summed E-state index contributed by atoms with van der Waals surface area (Å²) in [5.74, 6) is 0. The highest BCUT2D eigenvalue weighted by Gasteiger charge is 1.96. The van der Waals surface area contributed by atoms with Crippen molar-refractivity contribution in [2.75, 3.05) is 7.11 Å². The molecule has 1 radical (unpaired) electrons. The topological polar surface area (TPSA) is 35.2 Å². The number of nitrogens with two attached hydrogens (primary N) is 1. The van der Waals surface area contributed by atoms with Gasteiger partial charge in [-0.25, -0.2) is 0 Å². The molecule has 1 unspecified atom stereocenters. The van der Waals surface area contributed by atoms with Crippen LogP contribution in [0.4, 0.5) is 0 Å². The maximum atomic E-state index is 5.47. The van der Waals surface area contributed by atoms with Gasteiger partial charge in [-0.15, -0.1) is 0 Å². The number of rotatable bonds is 5. The molecule has 0 fully saturated rings. The van der Waals surface area contributed by atoms with Crippen LogP contribution in [0, 0.1) is 6.92 Å². The molecule has 1 atom stereocenters. The predicted octanol–water partition coefficient (Wildman–Crippen LogP) is 1.31. The second-order valence-electron chi connectivity index (χ2n) is 2.12. The van der Waals surface area contributed by atoms with Gasteiger partial charge >= 0.3 is 0 Å². The van der Waals surface area contributed by atoms with Gasteiger partial charge in [0, 0.05) is 7.11 Å². The van der Waals surface area contributed by atoms with E-state index in [1.165, 1.54) is 0 Å². The van der Waals surface area contributed by atoms with Crippen molar-refractivity contribution in [1.82, 2.24) is 0 Å². The summed E-state index contributed by atoms with van der Waals surface area (Å²) in [7, 11) is 1.63. The van der Waals surface area contributed by atoms with Crippen LogP contribution >= 0.6 is 0 Å². The zero-order valence-electron chi connectivity index (χ0n) is 6.10. The second-order valence-corrected chi connectivity index (χ2v) is 2.12. The highest BCUT2D eigenvalue weighted by Crippen LogP contribution is 2.00. The van der Waals surface area contributed by atoms with Gasteiger partial charge in [-0.1, -0.05) is 19.8 Å². The third-order valence-corrected chi connectivity index (χ3v) is 1.29. The van der Waals surface area contributed by atoms with Crippen LogP contribution < -0.4 is 5.73 Å². The van der Waals surface area contributed by atoms with E-state index >= 15 is 0 Å². The Morgan fingerprint density at radius 1 is 1.56 bits per heavy atom. The van der Waals surface area contributed by atoms with E-state index in [4.69, 9.17) is 10.5 Å². The Labute approximate surface area is 57.4 Å². The molecule has 2 nitrogen and oxygen atoms in total. The van der Waals surface area contributed by atoms with E-state index in [2.05, 4.69) is 6.92 Å². The van der Waals surface area contributed by atoms with Gasteiger partial charge < -0.3 is 10.5 Å². The van der Waals surface area contributed by atoms with Crippen molar-refractivity contribution in [3.63, 3.8) is 0 Å². The summed E-state index contributed by atoms with van der Waals surface area (Å²) in [6.45, 7) is 3.73. The second kappa shape index (κ2) is 6.05. The molecule has 0 heterocycles. The predicted molar refractivity (Wildman–Crippen MR) is 38.8 cm³/mol. The van der Waals surface area contributed by atoms with Crippen LogP contribution in [0.5, 0.6) is 0 Å². The molecule has 0 aliphatic rings. The van der Waals surface area contributed by atoms with Crippen LogP contribution in [0.15, 0.2) is 0 Å². The zero-order chi connectivity index (χ0) is 7.11. The SMILES string of the molecule is [CH2]CCCCC(N)OC. The Bertz CT molecular complexity index is 56.9. The van der Waals surface area contributed by atoms with Crippen LogP contribution in [-0.2, 0) is 4.74 Å². The van der Waals surface area contributed by atoms with Crippen LogP contribution in [-0.4, -0.2) is 13.3 Å². The number of unbranched alkanes of at least 4 members (excludes halogenated alkanes) is 2. The first-order valence-electron chi connectivity index (χ1n) is 3.39. The van der Waals surface area contributed by atoms with Crippen molar-refractivity contribution in [1.29, 1.82) is 0 Å². The summed E-state index contributed by atoms with van der Waals surface area (Å²) in [4.78, 5) is 0. The summed E-state index contributed by atoms with van der Waals surface area (Å²) < 4.78 is 4.85. The van der Waals surface area contributed by atoms with Crippen molar-refractivity contribution >= 4 is 0 Å². The average molecular weight is 130 g/mol. The molecule has 0 bridgehead atoms. The molecule has 0 spiro atoms. The Morgan fingerprint density at radius 2 is 2.22 bits per heavy atom. The molecule has 0 aliphatic carbocycles. The standard InChI is InChI=1S/C7H16NO/c1-3-4-5-6-7(8)9-2/h7H,1,3-6,8H2,2H3. The largest absolute Gasteiger partial charge is 0.367 e. The monoisotopic (exact) mass is 130 g/mol. The first-order valence-corrected chi connectivity index (χ1v) is 3.39. The quantitative estimate of drug-likeness (QED) is 0.450. The summed E-state index contributed by atoms with van der Waals surface area (Å²) in [6, 6.07) is 0. The molecule has 0 aromatic heterocycles. The molecule has 0 aliphatic heterocycles. The fourth-order valence-electron chi connectivity index (χ4n) is 0.640. The van der Waals surface area contributed by atoms with Crippen molar-refractivity contribution in [3.8, 4) is 0 Å². The first kappa shape index (κ1) is 8.92. The van der Waals surface area contributed by atoms with Crippen LogP contribution in [0.25, 0.3) is 0 Å². The lowest BCUT2D eigenvalue weighted by Gasteiger charge is -2.07. The molecule has 2 heteroatoms. The van der Waals surface area contributed by atoms with Crippen molar-refractivity contribution in [2.24, 2.45) is 5.73 Å². The lowest BCUT2D eigenvalue weighted by molar-refractivity contribution is 0.0986. The molecule has 9 heavy (non-hydrogen) atoms. The molecule has 55 valence electrons.